The van der Waals surface area contributed by atoms with Crippen LogP contribution in [-0.4, -0.2) is 3.21 Å². The van der Waals surface area contributed by atoms with Gasteiger partial charge in [-0.3, -0.25) is 6.08 Å². The molecular weight excluding hydrogens is 741 g/mol. The molecule has 1 unspecified atom stereocenters. The molecule has 3 aliphatic carbocycles. The summed E-state index contributed by atoms with van der Waals surface area (Å²) in [6, 6.07) is 24.8. The van der Waals surface area contributed by atoms with Crippen molar-refractivity contribution in [2.45, 2.75) is 66.2 Å². The predicted octanol–water partition coefficient (Wildman–Crippen LogP) is 6.13. The quantitative estimate of drug-likeness (QED) is 0.189. The molecule has 0 radical (unpaired) electrons. The number of hydrogen-bond donors (Lipinski definition) is 0. The molecule has 0 N–H and O–H groups in total. The van der Waals surface area contributed by atoms with E-state index in [0.29, 0.717) is 5.92 Å². The minimum atomic E-state index is -0.244. The van der Waals surface area contributed by atoms with Crippen molar-refractivity contribution in [3.63, 3.8) is 0 Å². The van der Waals surface area contributed by atoms with Crippen LogP contribution >= 0.6 is 0 Å². The van der Waals surface area contributed by atoms with E-state index in [2.05, 4.69) is 110 Å². The summed E-state index contributed by atoms with van der Waals surface area (Å²) < 4.78 is 26.6. The number of fused-ring (bicyclic) bond motifs is 5. The summed E-state index contributed by atoms with van der Waals surface area (Å²) in [5, 5.41) is 5.57. The van der Waals surface area contributed by atoms with Crippen LogP contribution in [0, 0.1) is 23.6 Å². The molecule has 0 aliphatic heterocycles. The standard InChI is InChI=1S/C25H25.C13H8F2.C7H9.2ClH.Zr/c1-14-12-24(3,4)22-8-16-7-17-9-23-19(15(2)13-25(23,5)6)11-21(17)20(16)10-18(14)22;14-12-5-1-10(2-6-12)9-11-3-7-13(15)8-4-11;1-6-3-4-7(2)5-6;;;/h7-13H,1-6H3;1-8H;3,5,7H,1-2H3;2*1H;/q-1;;-1;;;+2/p-2. The van der Waals surface area contributed by atoms with Crippen molar-refractivity contribution in [1.82, 2.24) is 0 Å². The van der Waals surface area contributed by atoms with Gasteiger partial charge in [0, 0.05) is 10.8 Å². The fourth-order valence-electron chi connectivity index (χ4n) is 7.37. The molecule has 256 valence electrons. The molecule has 0 aromatic heterocycles. The summed E-state index contributed by atoms with van der Waals surface area (Å²) in [6.07, 6.45) is 12.2. The van der Waals surface area contributed by atoms with E-state index >= 15 is 0 Å². The minimum absolute atomic E-state index is 0. The molecular formula is C45H42Cl2F2Zr-2. The fourth-order valence-corrected chi connectivity index (χ4v) is 8.19. The van der Waals surface area contributed by atoms with Crippen LogP contribution in [0.25, 0.3) is 32.7 Å². The van der Waals surface area contributed by atoms with Gasteiger partial charge in [0.05, 0.1) is 0 Å². The summed E-state index contributed by atoms with van der Waals surface area (Å²) >= 11 is 1.22. The van der Waals surface area contributed by atoms with E-state index in [1.54, 1.807) is 24.3 Å². The number of rotatable bonds is 2. The molecule has 0 heterocycles. The predicted molar refractivity (Wildman–Crippen MR) is 197 cm³/mol. The summed E-state index contributed by atoms with van der Waals surface area (Å²) in [5.41, 5.74) is 12.2. The van der Waals surface area contributed by atoms with Crippen molar-refractivity contribution in [3.05, 3.63) is 160 Å². The molecule has 0 saturated carbocycles. The smallest absolute Gasteiger partial charge is 1.00 e. The maximum atomic E-state index is 12.8. The number of halogens is 4. The molecule has 0 saturated heterocycles. The Bertz CT molecular complexity index is 2050. The summed E-state index contributed by atoms with van der Waals surface area (Å²) in [5.74, 6) is 0.0675. The van der Waals surface area contributed by atoms with Gasteiger partial charge in [0.1, 0.15) is 0 Å². The second kappa shape index (κ2) is 15.3. The molecule has 0 nitrogen and oxygen atoms in total. The first-order valence-corrected chi connectivity index (χ1v) is 17.9. The molecule has 8 rings (SSSR count). The fraction of sp³-hybridized carbons (Fsp3) is 0.244. The Hall–Kier alpha value is -3.10. The normalized spacial score (nSPS) is 17.2. The second-order valence-electron chi connectivity index (χ2n) is 14.6. The molecule has 0 fully saturated rings. The number of hydrogen-bond acceptors (Lipinski definition) is 0. The molecule has 50 heavy (non-hydrogen) atoms. The van der Waals surface area contributed by atoms with Crippen molar-refractivity contribution in [1.29, 1.82) is 0 Å². The number of benzene rings is 4. The van der Waals surface area contributed by atoms with E-state index in [1.807, 2.05) is 6.08 Å². The van der Waals surface area contributed by atoms with Gasteiger partial charge in [-0.2, -0.15) is 6.08 Å². The largest absolute Gasteiger partial charge is 1.00 e. The minimum Gasteiger partial charge on any atom is -1.00 e. The van der Waals surface area contributed by atoms with Gasteiger partial charge in [0.2, 0.25) is 0 Å². The Morgan fingerprint density at radius 2 is 1.08 bits per heavy atom. The van der Waals surface area contributed by atoms with Crippen molar-refractivity contribution < 1.29 is 57.8 Å². The van der Waals surface area contributed by atoms with Gasteiger partial charge in [-0.25, -0.2) is 11.6 Å². The van der Waals surface area contributed by atoms with Gasteiger partial charge in [0.25, 0.3) is 0 Å². The average Bonchev–Trinajstić information content (AvgIpc) is 3.72. The first-order valence-electron chi connectivity index (χ1n) is 16.6. The molecule has 0 bridgehead atoms. The Kier molecular flexibility index (Phi) is 12.1. The van der Waals surface area contributed by atoms with E-state index in [0.717, 1.165) is 14.3 Å². The Balaban J connectivity index is 0.000000193. The summed E-state index contributed by atoms with van der Waals surface area (Å²) in [7, 11) is 0. The van der Waals surface area contributed by atoms with E-state index in [-0.39, 0.29) is 47.3 Å². The van der Waals surface area contributed by atoms with Crippen LogP contribution in [0.5, 0.6) is 0 Å². The third-order valence-electron chi connectivity index (χ3n) is 9.73. The van der Waals surface area contributed by atoms with E-state index in [9.17, 15) is 8.78 Å². The third kappa shape index (κ3) is 8.02. The van der Waals surface area contributed by atoms with Crippen LogP contribution in [0.15, 0.2) is 109 Å². The second-order valence-corrected chi connectivity index (χ2v) is 15.8. The van der Waals surface area contributed by atoms with Gasteiger partial charge in [-0.1, -0.05) is 75.9 Å². The Labute approximate surface area is 323 Å². The zero-order valence-electron chi connectivity index (χ0n) is 29.9. The van der Waals surface area contributed by atoms with Crippen LogP contribution in [-0.2, 0) is 35.1 Å². The Morgan fingerprint density at radius 1 is 0.680 bits per heavy atom. The SMILES string of the molecule is CC1=CC(C)(C)c2cc3[cH-]c4cc5c(cc4c3cc21)C(C)=CC5(C)C.CC1=CC(C)[C-]=C1.Fc1ccc([C](=[Zr+2])c2ccc(F)cc2)cc1.[Cl-].[Cl-]. The van der Waals surface area contributed by atoms with E-state index in [1.165, 1.54) is 109 Å². The first-order chi connectivity index (χ1) is 22.6. The van der Waals surface area contributed by atoms with E-state index < -0.39 is 0 Å². The van der Waals surface area contributed by atoms with Gasteiger partial charge in [-0.15, -0.1) is 46.7 Å². The Morgan fingerprint density at radius 3 is 1.40 bits per heavy atom. The molecule has 5 heteroatoms. The molecule has 5 aromatic rings. The van der Waals surface area contributed by atoms with Crippen molar-refractivity contribution >= 4 is 35.9 Å². The van der Waals surface area contributed by atoms with Crippen molar-refractivity contribution in [2.24, 2.45) is 5.92 Å². The molecule has 0 spiro atoms. The van der Waals surface area contributed by atoms with Gasteiger partial charge >= 0.3 is 108 Å². The van der Waals surface area contributed by atoms with Crippen LogP contribution in [0.4, 0.5) is 8.78 Å². The monoisotopic (exact) mass is 780 g/mol. The summed E-state index contributed by atoms with van der Waals surface area (Å²) in [4.78, 5) is 0. The summed E-state index contributed by atoms with van der Waals surface area (Å²) in [6.45, 7) is 18.0. The van der Waals surface area contributed by atoms with Gasteiger partial charge in [-0.05, 0) is 36.1 Å². The van der Waals surface area contributed by atoms with Crippen molar-refractivity contribution in [3.8, 4) is 0 Å². The maximum absolute atomic E-state index is 12.8. The molecule has 0 amide bonds. The first kappa shape index (κ1) is 39.7. The topological polar surface area (TPSA) is 0 Å². The maximum Gasteiger partial charge on any atom is -1.00 e. The van der Waals surface area contributed by atoms with E-state index in [4.69, 9.17) is 0 Å². The third-order valence-corrected chi connectivity index (χ3v) is 11.1. The molecule has 5 aromatic carbocycles. The van der Waals surface area contributed by atoms with Crippen molar-refractivity contribution in [2.75, 3.05) is 0 Å². The molecule has 3 aliphatic rings. The molecule has 1 atom stereocenters. The number of allylic oxidation sites excluding steroid dienone is 8. The zero-order chi connectivity index (χ0) is 34.5. The van der Waals surface area contributed by atoms with Crippen LogP contribution in [0.3, 0.4) is 0 Å². The van der Waals surface area contributed by atoms with Crippen LogP contribution in [0.2, 0.25) is 0 Å². The van der Waals surface area contributed by atoms with Crippen LogP contribution < -0.4 is 24.8 Å². The zero-order valence-corrected chi connectivity index (χ0v) is 33.9. The van der Waals surface area contributed by atoms with Crippen LogP contribution in [0.1, 0.15) is 88.8 Å². The van der Waals surface area contributed by atoms with Gasteiger partial charge < -0.3 is 24.8 Å². The average molecular weight is 783 g/mol. The van der Waals surface area contributed by atoms with Gasteiger partial charge in [0.15, 0.2) is 0 Å².